The molecule has 1 saturated carbocycles. The van der Waals surface area contributed by atoms with Gasteiger partial charge in [-0.15, -0.1) is 0 Å². The zero-order valence-electron chi connectivity index (χ0n) is 19.9. The second-order valence-electron chi connectivity index (χ2n) is 9.17. The van der Waals surface area contributed by atoms with Crippen LogP contribution in [0.2, 0.25) is 0 Å². The number of aliphatic carboxylic acids is 1. The molecule has 0 heterocycles. The average Bonchev–Trinajstić information content (AvgIpc) is 3.31. The van der Waals surface area contributed by atoms with Gasteiger partial charge in [0, 0.05) is 25.0 Å². The van der Waals surface area contributed by atoms with Crippen LogP contribution in [0.25, 0.3) is 0 Å². The van der Waals surface area contributed by atoms with Gasteiger partial charge < -0.3 is 10.4 Å². The summed E-state index contributed by atoms with van der Waals surface area (Å²) in [7, 11) is 0. The monoisotopic (exact) mass is 459 g/mol. The van der Waals surface area contributed by atoms with E-state index in [1.165, 1.54) is 24.8 Å². The molecule has 0 aromatic heterocycles. The summed E-state index contributed by atoms with van der Waals surface area (Å²) in [5.41, 5.74) is 1.22. The molecule has 1 fully saturated rings. The van der Waals surface area contributed by atoms with Crippen LogP contribution in [0.1, 0.15) is 44.1 Å². The lowest BCUT2D eigenvalue weighted by atomic mass is 9.71. The SMILES string of the molecule is O=C(O)CCCC=CC=CC1C=CC2CCCC2C1C=CC=CC(=O)NCCc1ccccc1. The van der Waals surface area contributed by atoms with Crippen LogP contribution in [-0.4, -0.2) is 23.5 Å². The molecule has 0 spiro atoms. The van der Waals surface area contributed by atoms with Crippen LogP contribution in [0.3, 0.4) is 0 Å². The molecule has 2 aliphatic rings. The Hall–Kier alpha value is -3.14. The summed E-state index contributed by atoms with van der Waals surface area (Å²) in [6.45, 7) is 0.630. The predicted molar refractivity (Wildman–Crippen MR) is 138 cm³/mol. The minimum Gasteiger partial charge on any atom is -0.481 e. The summed E-state index contributed by atoms with van der Waals surface area (Å²) in [6, 6.07) is 10.2. The molecule has 4 nitrogen and oxygen atoms in total. The van der Waals surface area contributed by atoms with E-state index in [1.54, 1.807) is 6.08 Å². The third-order valence-corrected chi connectivity index (χ3v) is 6.73. The standard InChI is InChI=1S/C30H37NO3/c32-29(31-23-22-24-12-5-4-6-13-24)18-10-9-16-27-25(20-21-26-15-11-17-28(26)27)14-7-2-1-3-8-19-30(33)34/h1-2,4-7,9-10,12-14,16,18,20-21,25-28H,3,8,11,15,17,19,22-23H2,(H,31,32)(H,33,34). The lowest BCUT2D eigenvalue weighted by molar-refractivity contribution is -0.137. The lowest BCUT2D eigenvalue weighted by Crippen LogP contribution is -2.26. The number of nitrogens with one attached hydrogen (secondary N) is 1. The Morgan fingerprint density at radius 3 is 2.65 bits per heavy atom. The molecule has 0 saturated heterocycles. The highest BCUT2D eigenvalue weighted by molar-refractivity contribution is 5.87. The van der Waals surface area contributed by atoms with E-state index in [0.717, 1.165) is 12.8 Å². The Morgan fingerprint density at radius 1 is 1.00 bits per heavy atom. The first-order chi connectivity index (χ1) is 16.6. The normalized spacial score (nSPS) is 24.5. The highest BCUT2D eigenvalue weighted by Crippen LogP contribution is 2.45. The number of allylic oxidation sites excluding steroid dienone is 9. The zero-order chi connectivity index (χ0) is 24.0. The molecule has 4 heteroatoms. The molecule has 3 rings (SSSR count). The fourth-order valence-electron chi connectivity index (χ4n) is 4.99. The highest BCUT2D eigenvalue weighted by atomic mass is 16.4. The average molecular weight is 460 g/mol. The first kappa shape index (κ1) is 25.5. The molecule has 180 valence electrons. The maximum atomic E-state index is 12.1. The molecular formula is C30H37NO3. The quantitative estimate of drug-likeness (QED) is 0.173. The summed E-state index contributed by atoms with van der Waals surface area (Å²) in [4.78, 5) is 22.7. The molecule has 34 heavy (non-hydrogen) atoms. The molecule has 2 aliphatic carbocycles. The number of amides is 1. The first-order valence-electron chi connectivity index (χ1n) is 12.5. The zero-order valence-corrected chi connectivity index (χ0v) is 19.9. The van der Waals surface area contributed by atoms with Gasteiger partial charge in [0.2, 0.25) is 5.91 Å². The number of rotatable bonds is 12. The van der Waals surface area contributed by atoms with Crippen molar-refractivity contribution in [3.63, 3.8) is 0 Å². The topological polar surface area (TPSA) is 66.4 Å². The van der Waals surface area contributed by atoms with Gasteiger partial charge in [0.15, 0.2) is 0 Å². The van der Waals surface area contributed by atoms with Gasteiger partial charge in [-0.1, -0.05) is 91.4 Å². The molecule has 1 aromatic rings. The Labute approximate surface area is 203 Å². The van der Waals surface area contributed by atoms with Gasteiger partial charge in [0.05, 0.1) is 0 Å². The molecule has 0 bridgehead atoms. The van der Waals surface area contributed by atoms with Crippen molar-refractivity contribution in [1.29, 1.82) is 0 Å². The van der Waals surface area contributed by atoms with E-state index in [2.05, 4.69) is 47.8 Å². The molecule has 0 aliphatic heterocycles. The first-order valence-corrected chi connectivity index (χ1v) is 12.5. The van der Waals surface area contributed by atoms with Crippen LogP contribution in [0.4, 0.5) is 0 Å². The Bertz CT molecular complexity index is 926. The fourth-order valence-corrected chi connectivity index (χ4v) is 4.99. The van der Waals surface area contributed by atoms with Crippen molar-refractivity contribution in [2.75, 3.05) is 6.54 Å². The molecule has 1 aromatic carbocycles. The Kier molecular flexibility index (Phi) is 10.6. The van der Waals surface area contributed by atoms with Gasteiger partial charge in [-0.25, -0.2) is 0 Å². The van der Waals surface area contributed by atoms with Crippen molar-refractivity contribution in [3.05, 3.63) is 96.7 Å². The number of carboxylic acids is 1. The third kappa shape index (κ3) is 8.66. The van der Waals surface area contributed by atoms with Crippen LogP contribution in [0.15, 0.2) is 91.1 Å². The van der Waals surface area contributed by atoms with Crippen molar-refractivity contribution in [3.8, 4) is 0 Å². The van der Waals surface area contributed by atoms with E-state index >= 15 is 0 Å². The Balaban J connectivity index is 1.49. The minimum atomic E-state index is -0.740. The predicted octanol–water partition coefficient (Wildman–Crippen LogP) is 6.04. The van der Waals surface area contributed by atoms with Gasteiger partial charge in [0.1, 0.15) is 0 Å². The van der Waals surface area contributed by atoms with Gasteiger partial charge in [-0.3, -0.25) is 9.59 Å². The van der Waals surface area contributed by atoms with E-state index in [-0.39, 0.29) is 12.3 Å². The van der Waals surface area contributed by atoms with Gasteiger partial charge >= 0.3 is 5.97 Å². The summed E-state index contributed by atoms with van der Waals surface area (Å²) in [5.74, 6) is 1.29. The molecule has 4 atom stereocenters. The minimum absolute atomic E-state index is 0.0626. The van der Waals surface area contributed by atoms with Crippen LogP contribution < -0.4 is 5.32 Å². The number of carbonyl (C=O) groups is 2. The molecule has 1 amide bonds. The number of benzene rings is 1. The smallest absolute Gasteiger partial charge is 0.303 e. The number of hydrogen-bond acceptors (Lipinski definition) is 2. The lowest BCUT2D eigenvalue weighted by Gasteiger charge is -2.33. The number of hydrogen-bond donors (Lipinski definition) is 2. The summed E-state index contributed by atoms with van der Waals surface area (Å²) in [5, 5.41) is 11.7. The van der Waals surface area contributed by atoms with Crippen LogP contribution in [-0.2, 0) is 16.0 Å². The molecule has 2 N–H and O–H groups in total. The number of unbranched alkanes of at least 4 members (excludes halogenated alkanes) is 1. The summed E-state index contributed by atoms with van der Waals surface area (Å²) in [6.07, 6.45) is 27.2. The van der Waals surface area contributed by atoms with Gasteiger partial charge in [-0.2, -0.15) is 0 Å². The molecule has 4 unspecified atom stereocenters. The van der Waals surface area contributed by atoms with Crippen LogP contribution in [0.5, 0.6) is 0 Å². The maximum Gasteiger partial charge on any atom is 0.303 e. The molecular weight excluding hydrogens is 422 g/mol. The van der Waals surface area contributed by atoms with E-state index in [0.29, 0.717) is 36.6 Å². The number of fused-ring (bicyclic) bond motifs is 1. The van der Waals surface area contributed by atoms with E-state index in [1.807, 2.05) is 42.5 Å². The van der Waals surface area contributed by atoms with Gasteiger partial charge in [0.25, 0.3) is 0 Å². The third-order valence-electron chi connectivity index (χ3n) is 6.73. The molecule has 0 radical (unpaired) electrons. The fraction of sp³-hybridized carbons (Fsp3) is 0.400. The van der Waals surface area contributed by atoms with Gasteiger partial charge in [-0.05, 0) is 55.4 Å². The second-order valence-corrected chi connectivity index (χ2v) is 9.17. The van der Waals surface area contributed by atoms with Crippen molar-refractivity contribution in [2.24, 2.45) is 23.7 Å². The highest BCUT2D eigenvalue weighted by Gasteiger charge is 2.36. The largest absolute Gasteiger partial charge is 0.481 e. The van der Waals surface area contributed by atoms with Crippen molar-refractivity contribution >= 4 is 11.9 Å². The van der Waals surface area contributed by atoms with E-state index in [9.17, 15) is 9.59 Å². The van der Waals surface area contributed by atoms with Crippen molar-refractivity contribution in [2.45, 2.75) is 44.9 Å². The second kappa shape index (κ2) is 14.2. The maximum absolute atomic E-state index is 12.1. The number of carboxylic acid groups (broad SMARTS) is 1. The summed E-state index contributed by atoms with van der Waals surface area (Å²) >= 11 is 0. The Morgan fingerprint density at radius 2 is 1.82 bits per heavy atom. The summed E-state index contributed by atoms with van der Waals surface area (Å²) < 4.78 is 0. The van der Waals surface area contributed by atoms with Crippen LogP contribution >= 0.6 is 0 Å². The van der Waals surface area contributed by atoms with E-state index in [4.69, 9.17) is 5.11 Å². The van der Waals surface area contributed by atoms with Crippen molar-refractivity contribution in [1.82, 2.24) is 5.32 Å². The van der Waals surface area contributed by atoms with E-state index < -0.39 is 5.97 Å². The number of carbonyl (C=O) groups excluding carboxylic acids is 1. The van der Waals surface area contributed by atoms with Crippen LogP contribution in [0, 0.1) is 23.7 Å². The van der Waals surface area contributed by atoms with Crippen molar-refractivity contribution < 1.29 is 14.7 Å².